The van der Waals surface area contributed by atoms with Crippen LogP contribution in [0, 0.1) is 5.92 Å². The average Bonchev–Trinajstić information content (AvgIpc) is 2.83. The lowest BCUT2D eigenvalue weighted by molar-refractivity contribution is -0.123. The largest absolute Gasteiger partial charge is 0.488 e. The molecule has 0 spiro atoms. The molecule has 0 aliphatic carbocycles. The smallest absolute Gasteiger partial charge is 0.262 e. The number of amides is 2. The predicted octanol–water partition coefficient (Wildman–Crippen LogP) is 5.59. The Bertz CT molecular complexity index is 1170. The maximum Gasteiger partial charge on any atom is 0.262 e. The molecule has 0 fully saturated rings. The topological polar surface area (TPSA) is 79.8 Å². The van der Waals surface area contributed by atoms with Crippen LogP contribution in [-0.2, 0) is 11.4 Å². The Hall–Kier alpha value is -3.16. The molecule has 0 heterocycles. The lowest BCUT2D eigenvalue weighted by Crippen LogP contribution is -2.48. The third kappa shape index (κ3) is 7.17. The molecule has 34 heavy (non-hydrogen) atoms. The van der Waals surface area contributed by atoms with E-state index in [1.165, 1.54) is 6.21 Å². The Morgan fingerprint density at radius 3 is 2.47 bits per heavy atom. The average molecular weight is 543 g/mol. The number of carbonyl (C=O) groups excluding carboxylic acids is 2. The van der Waals surface area contributed by atoms with E-state index in [1.54, 1.807) is 36.4 Å². The van der Waals surface area contributed by atoms with Crippen molar-refractivity contribution in [2.24, 2.45) is 11.0 Å². The third-order valence-corrected chi connectivity index (χ3v) is 5.82. The van der Waals surface area contributed by atoms with Gasteiger partial charge >= 0.3 is 0 Å². The fraction of sp³-hybridized carbons (Fsp3) is 0.192. The molecule has 176 valence electrons. The minimum atomic E-state index is -0.747. The number of ether oxygens (including phenoxy) is 1. The highest BCUT2D eigenvalue weighted by Gasteiger charge is 2.24. The Morgan fingerprint density at radius 2 is 1.76 bits per heavy atom. The van der Waals surface area contributed by atoms with Crippen LogP contribution in [0.2, 0.25) is 5.02 Å². The van der Waals surface area contributed by atoms with E-state index in [4.69, 9.17) is 16.3 Å². The van der Waals surface area contributed by atoms with E-state index in [1.807, 2.05) is 50.2 Å². The second kappa shape index (κ2) is 12.3. The number of benzene rings is 3. The number of rotatable bonds is 9. The molecule has 3 aromatic carbocycles. The number of hydrogen-bond acceptors (Lipinski definition) is 4. The van der Waals surface area contributed by atoms with Crippen molar-refractivity contribution < 1.29 is 14.3 Å². The van der Waals surface area contributed by atoms with Crippen LogP contribution < -0.4 is 15.5 Å². The van der Waals surface area contributed by atoms with Gasteiger partial charge in [-0.25, -0.2) is 5.43 Å². The fourth-order valence-electron chi connectivity index (χ4n) is 3.11. The molecule has 0 aromatic heterocycles. The van der Waals surface area contributed by atoms with Gasteiger partial charge in [0, 0.05) is 26.2 Å². The zero-order valence-corrected chi connectivity index (χ0v) is 21.1. The van der Waals surface area contributed by atoms with Gasteiger partial charge in [0.25, 0.3) is 11.8 Å². The molecule has 0 saturated heterocycles. The van der Waals surface area contributed by atoms with Crippen molar-refractivity contribution in [1.82, 2.24) is 10.7 Å². The molecule has 0 bridgehead atoms. The highest BCUT2D eigenvalue weighted by molar-refractivity contribution is 9.10. The number of nitrogens with zero attached hydrogens (tertiary/aromatic N) is 1. The van der Waals surface area contributed by atoms with Crippen molar-refractivity contribution in [2.75, 3.05) is 0 Å². The summed E-state index contributed by atoms with van der Waals surface area (Å²) in [6.45, 7) is 4.00. The summed E-state index contributed by atoms with van der Waals surface area (Å²) in [5.41, 5.74) is 4.53. The standard InChI is InChI=1S/C26H25BrClN3O3/c1-17(2)24(30-25(32)18-8-4-3-5-9-18)26(33)31-29-15-20-14-21(27)12-13-23(20)34-16-19-10-6-7-11-22(19)28/h3-15,17,24H,16H2,1-2H3,(H,30,32)(H,31,33). The summed E-state index contributed by atoms with van der Waals surface area (Å²) >= 11 is 9.66. The Balaban J connectivity index is 1.67. The molecular weight excluding hydrogens is 518 g/mol. The minimum Gasteiger partial charge on any atom is -0.488 e. The molecule has 2 amide bonds. The van der Waals surface area contributed by atoms with Crippen molar-refractivity contribution in [3.05, 3.63) is 99.0 Å². The van der Waals surface area contributed by atoms with E-state index in [9.17, 15) is 9.59 Å². The quantitative estimate of drug-likeness (QED) is 0.273. The Morgan fingerprint density at radius 1 is 1.06 bits per heavy atom. The first-order chi connectivity index (χ1) is 16.3. The van der Waals surface area contributed by atoms with E-state index in [0.29, 0.717) is 21.9 Å². The van der Waals surface area contributed by atoms with E-state index in [-0.39, 0.29) is 18.4 Å². The lowest BCUT2D eigenvalue weighted by atomic mass is 10.0. The molecule has 0 saturated carbocycles. The Kier molecular flexibility index (Phi) is 9.24. The summed E-state index contributed by atoms with van der Waals surface area (Å²) in [7, 11) is 0. The number of carbonyl (C=O) groups is 2. The molecule has 8 heteroatoms. The molecule has 2 N–H and O–H groups in total. The molecule has 0 aliphatic heterocycles. The van der Waals surface area contributed by atoms with E-state index in [2.05, 4.69) is 31.8 Å². The van der Waals surface area contributed by atoms with Crippen molar-refractivity contribution in [3.8, 4) is 5.75 Å². The molecule has 3 aromatic rings. The summed E-state index contributed by atoms with van der Waals surface area (Å²) in [6, 6.07) is 21.0. The van der Waals surface area contributed by atoms with E-state index >= 15 is 0 Å². The highest BCUT2D eigenvalue weighted by Crippen LogP contribution is 2.24. The maximum absolute atomic E-state index is 12.7. The van der Waals surface area contributed by atoms with Crippen LogP contribution in [0.25, 0.3) is 0 Å². The number of halogens is 2. The zero-order valence-electron chi connectivity index (χ0n) is 18.8. The van der Waals surface area contributed by atoms with Gasteiger partial charge in [-0.05, 0) is 42.3 Å². The van der Waals surface area contributed by atoms with Gasteiger partial charge in [0.1, 0.15) is 18.4 Å². The van der Waals surface area contributed by atoms with Crippen molar-refractivity contribution >= 4 is 45.6 Å². The van der Waals surface area contributed by atoms with Crippen LogP contribution in [0.1, 0.15) is 35.3 Å². The second-order valence-corrected chi connectivity index (χ2v) is 9.18. The van der Waals surface area contributed by atoms with Crippen LogP contribution in [-0.4, -0.2) is 24.1 Å². The molecular formula is C26H25BrClN3O3. The lowest BCUT2D eigenvalue weighted by Gasteiger charge is -2.20. The minimum absolute atomic E-state index is 0.136. The fourth-order valence-corrected chi connectivity index (χ4v) is 3.68. The number of hydrazone groups is 1. The molecule has 1 unspecified atom stereocenters. The van der Waals surface area contributed by atoms with Crippen LogP contribution in [0.3, 0.4) is 0 Å². The predicted molar refractivity (Wildman–Crippen MR) is 138 cm³/mol. The zero-order chi connectivity index (χ0) is 24.5. The second-order valence-electron chi connectivity index (χ2n) is 7.86. The van der Waals surface area contributed by atoms with Gasteiger partial charge in [0.15, 0.2) is 0 Å². The molecule has 1 atom stereocenters. The highest BCUT2D eigenvalue weighted by atomic mass is 79.9. The first-order valence-corrected chi connectivity index (χ1v) is 11.9. The first-order valence-electron chi connectivity index (χ1n) is 10.7. The monoisotopic (exact) mass is 541 g/mol. The van der Waals surface area contributed by atoms with Gasteiger partial charge in [-0.15, -0.1) is 0 Å². The van der Waals surface area contributed by atoms with Gasteiger partial charge in [-0.3, -0.25) is 9.59 Å². The summed E-state index contributed by atoms with van der Waals surface area (Å²) in [5.74, 6) is -0.285. The van der Waals surface area contributed by atoms with Gasteiger partial charge in [0.2, 0.25) is 0 Å². The van der Waals surface area contributed by atoms with E-state index in [0.717, 1.165) is 10.0 Å². The van der Waals surface area contributed by atoms with Crippen LogP contribution >= 0.6 is 27.5 Å². The van der Waals surface area contributed by atoms with Crippen LogP contribution in [0.5, 0.6) is 5.75 Å². The summed E-state index contributed by atoms with van der Waals surface area (Å²) in [5, 5.41) is 7.50. The van der Waals surface area contributed by atoms with Crippen molar-refractivity contribution in [3.63, 3.8) is 0 Å². The first kappa shape index (κ1) is 25.5. The van der Waals surface area contributed by atoms with Crippen LogP contribution in [0.15, 0.2) is 82.4 Å². The van der Waals surface area contributed by atoms with Gasteiger partial charge in [-0.2, -0.15) is 5.10 Å². The third-order valence-electron chi connectivity index (χ3n) is 4.96. The molecule has 0 aliphatic rings. The number of hydrogen-bond donors (Lipinski definition) is 2. The van der Waals surface area contributed by atoms with Gasteiger partial charge < -0.3 is 10.1 Å². The van der Waals surface area contributed by atoms with Gasteiger partial charge in [-0.1, -0.05) is 77.8 Å². The Labute approximate surface area is 212 Å². The summed E-state index contributed by atoms with van der Waals surface area (Å²) in [6.07, 6.45) is 1.50. The van der Waals surface area contributed by atoms with Crippen molar-refractivity contribution in [1.29, 1.82) is 0 Å². The SMILES string of the molecule is CC(C)C(NC(=O)c1ccccc1)C(=O)NN=Cc1cc(Br)ccc1OCc1ccccc1Cl. The van der Waals surface area contributed by atoms with Crippen LogP contribution in [0.4, 0.5) is 0 Å². The van der Waals surface area contributed by atoms with Gasteiger partial charge in [0.05, 0.1) is 6.21 Å². The van der Waals surface area contributed by atoms with E-state index < -0.39 is 11.9 Å². The molecule has 6 nitrogen and oxygen atoms in total. The molecule has 3 rings (SSSR count). The van der Waals surface area contributed by atoms with Crippen molar-refractivity contribution in [2.45, 2.75) is 26.5 Å². The summed E-state index contributed by atoms with van der Waals surface area (Å²) < 4.78 is 6.77. The molecule has 0 radical (unpaired) electrons. The normalized spacial score (nSPS) is 11.9. The summed E-state index contributed by atoms with van der Waals surface area (Å²) in [4.78, 5) is 25.2. The number of nitrogens with one attached hydrogen (secondary N) is 2. The maximum atomic E-state index is 12.7.